The monoisotopic (exact) mass is 360 g/mol. The van der Waals surface area contributed by atoms with E-state index in [9.17, 15) is 4.79 Å². The van der Waals surface area contributed by atoms with Crippen LogP contribution in [0, 0.1) is 5.92 Å². The van der Waals surface area contributed by atoms with Gasteiger partial charge in [-0.2, -0.15) is 0 Å². The number of aromatic nitrogens is 2. The van der Waals surface area contributed by atoms with E-state index in [1.807, 2.05) is 4.90 Å². The van der Waals surface area contributed by atoms with Gasteiger partial charge in [-0.15, -0.1) is 0 Å². The second-order valence-corrected chi connectivity index (χ2v) is 7.40. The summed E-state index contributed by atoms with van der Waals surface area (Å²) in [7, 11) is 2.15. The fourth-order valence-electron chi connectivity index (χ4n) is 3.86. The molecule has 142 valence electrons. The Hall–Kier alpha value is -1.93. The van der Waals surface area contributed by atoms with Gasteiger partial charge in [-0.1, -0.05) is 0 Å². The Morgan fingerprint density at radius 3 is 2.19 bits per heavy atom. The van der Waals surface area contributed by atoms with Crippen molar-refractivity contribution in [3.8, 4) is 0 Å². The van der Waals surface area contributed by atoms with Gasteiger partial charge in [0.1, 0.15) is 18.0 Å². The third-order valence-electron chi connectivity index (χ3n) is 5.66. The van der Waals surface area contributed by atoms with E-state index in [1.165, 1.54) is 0 Å². The highest BCUT2D eigenvalue weighted by Gasteiger charge is 2.30. The van der Waals surface area contributed by atoms with Gasteiger partial charge in [-0.25, -0.2) is 9.97 Å². The number of hydrogen-bond donors (Lipinski definition) is 0. The summed E-state index contributed by atoms with van der Waals surface area (Å²) in [6, 6.07) is 2.09. The third-order valence-corrected chi connectivity index (χ3v) is 5.66. The fourth-order valence-corrected chi connectivity index (χ4v) is 3.86. The predicted molar refractivity (Wildman–Crippen MR) is 99.5 cm³/mol. The molecule has 0 saturated carbocycles. The zero-order valence-corrected chi connectivity index (χ0v) is 15.5. The molecular formula is C18H28N6O2. The molecule has 1 amide bonds. The summed E-state index contributed by atoms with van der Waals surface area (Å²) in [6.07, 6.45) is 2.52. The molecule has 3 fully saturated rings. The van der Waals surface area contributed by atoms with Crippen molar-refractivity contribution in [3.05, 3.63) is 12.4 Å². The van der Waals surface area contributed by atoms with Crippen molar-refractivity contribution in [3.63, 3.8) is 0 Å². The Morgan fingerprint density at radius 2 is 1.62 bits per heavy atom. The number of carbonyl (C=O) groups is 1. The average molecular weight is 360 g/mol. The van der Waals surface area contributed by atoms with Crippen LogP contribution in [0.15, 0.2) is 12.4 Å². The molecule has 4 rings (SSSR count). The lowest BCUT2D eigenvalue weighted by Crippen LogP contribution is -2.50. The highest BCUT2D eigenvalue weighted by atomic mass is 16.5. The van der Waals surface area contributed by atoms with Crippen molar-refractivity contribution in [2.75, 3.05) is 82.4 Å². The molecule has 3 aliphatic rings. The molecule has 8 heteroatoms. The Balaban J connectivity index is 1.35. The average Bonchev–Trinajstić information content (AvgIpc) is 3.23. The summed E-state index contributed by atoms with van der Waals surface area (Å²) in [5.41, 5.74) is 0. The van der Waals surface area contributed by atoms with Crippen LogP contribution in [0.1, 0.15) is 6.42 Å². The molecule has 3 aliphatic heterocycles. The lowest BCUT2D eigenvalue weighted by atomic mass is 10.1. The van der Waals surface area contributed by atoms with E-state index in [0.29, 0.717) is 13.2 Å². The number of ether oxygens (including phenoxy) is 1. The van der Waals surface area contributed by atoms with Crippen LogP contribution < -0.4 is 9.80 Å². The second kappa shape index (κ2) is 7.75. The molecule has 0 radical (unpaired) electrons. The smallest absolute Gasteiger partial charge is 0.228 e. The molecule has 0 spiro atoms. The number of likely N-dealkylation sites (N-methyl/N-ethyl adjacent to an activating group) is 1. The standard InChI is InChI=1S/C18H28N6O2/c1-21-3-5-22(6-4-21)16-12-17(20-14-19-16)23-7-9-24(10-8-23)18(25)15-2-11-26-13-15/h12,14-15H,2-11,13H2,1H3. The number of piperazine rings is 2. The number of carbonyl (C=O) groups excluding carboxylic acids is 1. The topological polar surface area (TPSA) is 65.0 Å². The van der Waals surface area contributed by atoms with E-state index in [0.717, 1.165) is 70.4 Å². The zero-order chi connectivity index (χ0) is 17.9. The van der Waals surface area contributed by atoms with E-state index < -0.39 is 0 Å². The first kappa shape index (κ1) is 17.5. The predicted octanol–water partition coefficient (Wildman–Crippen LogP) is -0.0865. The molecule has 3 saturated heterocycles. The molecule has 0 aromatic carbocycles. The van der Waals surface area contributed by atoms with Crippen molar-refractivity contribution in [1.82, 2.24) is 19.8 Å². The van der Waals surface area contributed by atoms with E-state index in [1.54, 1.807) is 6.33 Å². The highest BCUT2D eigenvalue weighted by Crippen LogP contribution is 2.21. The van der Waals surface area contributed by atoms with Crippen LogP contribution in [0.5, 0.6) is 0 Å². The van der Waals surface area contributed by atoms with Crippen LogP contribution in [-0.2, 0) is 9.53 Å². The van der Waals surface area contributed by atoms with Crippen LogP contribution >= 0.6 is 0 Å². The SMILES string of the molecule is CN1CCN(c2cc(N3CCN(C(=O)C4CCOC4)CC3)ncn2)CC1. The summed E-state index contributed by atoms with van der Waals surface area (Å²) in [6.45, 7) is 8.56. The minimum atomic E-state index is 0.0597. The summed E-state index contributed by atoms with van der Waals surface area (Å²) in [5, 5.41) is 0. The van der Waals surface area contributed by atoms with Gasteiger partial charge in [0.25, 0.3) is 0 Å². The molecule has 1 atom stereocenters. The minimum Gasteiger partial charge on any atom is -0.381 e. The van der Waals surface area contributed by atoms with Crippen molar-refractivity contribution in [2.45, 2.75) is 6.42 Å². The Labute approximate surface area is 154 Å². The maximum atomic E-state index is 12.5. The molecule has 0 bridgehead atoms. The van der Waals surface area contributed by atoms with Crippen LogP contribution in [0.25, 0.3) is 0 Å². The number of nitrogens with zero attached hydrogens (tertiary/aromatic N) is 6. The van der Waals surface area contributed by atoms with Gasteiger partial charge in [0.15, 0.2) is 0 Å². The molecule has 0 N–H and O–H groups in total. The summed E-state index contributed by atoms with van der Waals surface area (Å²) < 4.78 is 5.35. The normalized spacial score (nSPS) is 25.0. The number of amides is 1. The Morgan fingerprint density at radius 1 is 1.00 bits per heavy atom. The number of anilines is 2. The zero-order valence-electron chi connectivity index (χ0n) is 15.5. The lowest BCUT2D eigenvalue weighted by Gasteiger charge is -2.37. The molecule has 0 aliphatic carbocycles. The van der Waals surface area contributed by atoms with E-state index in [4.69, 9.17) is 4.74 Å². The van der Waals surface area contributed by atoms with Crippen molar-refractivity contribution >= 4 is 17.5 Å². The molecule has 1 aromatic heterocycles. The number of rotatable bonds is 3. The summed E-state index contributed by atoms with van der Waals surface area (Å²) in [4.78, 5) is 30.4. The Kier molecular flexibility index (Phi) is 5.21. The first-order valence-electron chi connectivity index (χ1n) is 9.58. The van der Waals surface area contributed by atoms with E-state index in [2.05, 4.69) is 37.8 Å². The summed E-state index contributed by atoms with van der Waals surface area (Å²) in [5.74, 6) is 2.28. The molecular weight excluding hydrogens is 332 g/mol. The maximum absolute atomic E-state index is 12.5. The molecule has 26 heavy (non-hydrogen) atoms. The first-order valence-corrected chi connectivity index (χ1v) is 9.58. The van der Waals surface area contributed by atoms with E-state index in [-0.39, 0.29) is 11.8 Å². The third kappa shape index (κ3) is 3.76. The van der Waals surface area contributed by atoms with Crippen molar-refractivity contribution < 1.29 is 9.53 Å². The first-order chi connectivity index (χ1) is 12.7. The maximum Gasteiger partial charge on any atom is 0.228 e. The summed E-state index contributed by atoms with van der Waals surface area (Å²) >= 11 is 0. The van der Waals surface area contributed by atoms with Gasteiger partial charge in [0.2, 0.25) is 5.91 Å². The van der Waals surface area contributed by atoms with Gasteiger partial charge >= 0.3 is 0 Å². The quantitative estimate of drug-likeness (QED) is 0.747. The minimum absolute atomic E-state index is 0.0597. The van der Waals surface area contributed by atoms with Crippen molar-refractivity contribution in [2.24, 2.45) is 5.92 Å². The molecule has 1 aromatic rings. The van der Waals surface area contributed by atoms with E-state index >= 15 is 0 Å². The number of hydrogen-bond acceptors (Lipinski definition) is 7. The highest BCUT2D eigenvalue weighted by molar-refractivity contribution is 5.79. The van der Waals surface area contributed by atoms with Gasteiger partial charge in [0, 0.05) is 65.0 Å². The molecule has 1 unspecified atom stereocenters. The van der Waals surface area contributed by atoms with Crippen molar-refractivity contribution in [1.29, 1.82) is 0 Å². The van der Waals surface area contributed by atoms with Gasteiger partial charge in [0.05, 0.1) is 12.5 Å². The van der Waals surface area contributed by atoms with Gasteiger partial charge < -0.3 is 24.3 Å². The Bertz CT molecular complexity index is 620. The molecule has 8 nitrogen and oxygen atoms in total. The fraction of sp³-hybridized carbons (Fsp3) is 0.722. The van der Waals surface area contributed by atoms with Gasteiger partial charge in [-0.3, -0.25) is 4.79 Å². The van der Waals surface area contributed by atoms with Crippen LogP contribution in [0.4, 0.5) is 11.6 Å². The van der Waals surface area contributed by atoms with Crippen LogP contribution in [0.2, 0.25) is 0 Å². The van der Waals surface area contributed by atoms with Crippen LogP contribution in [-0.4, -0.2) is 98.3 Å². The largest absolute Gasteiger partial charge is 0.381 e. The van der Waals surface area contributed by atoms with Gasteiger partial charge in [-0.05, 0) is 13.5 Å². The second-order valence-electron chi connectivity index (χ2n) is 7.40. The lowest BCUT2D eigenvalue weighted by molar-refractivity contribution is -0.135. The van der Waals surface area contributed by atoms with Crippen LogP contribution in [0.3, 0.4) is 0 Å². The molecule has 4 heterocycles.